The molecule has 1 atom stereocenters. The van der Waals surface area contributed by atoms with E-state index < -0.39 is 0 Å². The highest BCUT2D eigenvalue weighted by atomic mass is 14.9. The molecule has 0 saturated carbocycles. The van der Waals surface area contributed by atoms with Gasteiger partial charge in [0.1, 0.15) is 0 Å². The van der Waals surface area contributed by atoms with E-state index in [0.29, 0.717) is 11.6 Å². The molecule has 1 aromatic rings. The first-order chi connectivity index (χ1) is 8.02. The Labute approximate surface area is 105 Å². The van der Waals surface area contributed by atoms with Gasteiger partial charge in [0, 0.05) is 11.7 Å². The number of hydrogen-bond donors (Lipinski definition) is 1. The maximum atomic E-state index is 8.89. The van der Waals surface area contributed by atoms with E-state index in [4.69, 9.17) is 5.26 Å². The van der Waals surface area contributed by atoms with E-state index in [1.807, 2.05) is 18.2 Å². The van der Waals surface area contributed by atoms with Crippen LogP contribution in [0.2, 0.25) is 0 Å². The fourth-order valence-corrected chi connectivity index (χ4v) is 1.77. The molecule has 92 valence electrons. The minimum absolute atomic E-state index is 0.449. The van der Waals surface area contributed by atoms with Gasteiger partial charge in [-0.2, -0.15) is 5.26 Å². The van der Waals surface area contributed by atoms with Gasteiger partial charge in [-0.15, -0.1) is 0 Å². The highest BCUT2D eigenvalue weighted by Gasteiger charge is 2.06. The monoisotopic (exact) mass is 230 g/mol. The molecule has 0 spiro atoms. The highest BCUT2D eigenvalue weighted by Crippen LogP contribution is 2.19. The number of benzene rings is 1. The minimum Gasteiger partial charge on any atom is -0.382 e. The first-order valence-corrected chi connectivity index (χ1v) is 6.30. The maximum absolute atomic E-state index is 8.89. The molecule has 1 unspecified atom stereocenters. The second-order valence-electron chi connectivity index (χ2n) is 5.16. The third-order valence-corrected chi connectivity index (χ3v) is 2.95. The molecule has 0 aliphatic carbocycles. The van der Waals surface area contributed by atoms with E-state index in [2.05, 4.69) is 39.1 Å². The summed E-state index contributed by atoms with van der Waals surface area (Å²) in [5, 5.41) is 12.4. The highest BCUT2D eigenvalue weighted by molar-refractivity contribution is 5.55. The Morgan fingerprint density at radius 3 is 2.53 bits per heavy atom. The van der Waals surface area contributed by atoms with Gasteiger partial charge in [0.05, 0.1) is 11.6 Å². The molecule has 0 saturated heterocycles. The molecule has 1 N–H and O–H groups in total. The van der Waals surface area contributed by atoms with Crippen molar-refractivity contribution in [2.24, 2.45) is 5.92 Å². The molecule has 0 bridgehead atoms. The van der Waals surface area contributed by atoms with E-state index in [1.54, 1.807) is 0 Å². The average Bonchev–Trinajstić information content (AvgIpc) is 2.29. The van der Waals surface area contributed by atoms with E-state index >= 15 is 0 Å². The van der Waals surface area contributed by atoms with Crippen LogP contribution >= 0.6 is 0 Å². The third kappa shape index (κ3) is 4.48. The van der Waals surface area contributed by atoms with Crippen molar-refractivity contribution in [1.82, 2.24) is 0 Å². The van der Waals surface area contributed by atoms with Gasteiger partial charge in [-0.05, 0) is 50.3 Å². The van der Waals surface area contributed by atoms with Gasteiger partial charge in [0.2, 0.25) is 0 Å². The van der Waals surface area contributed by atoms with Crippen LogP contribution in [0.25, 0.3) is 0 Å². The van der Waals surface area contributed by atoms with Crippen molar-refractivity contribution in [3.8, 4) is 6.07 Å². The molecule has 1 aromatic carbocycles. The normalized spacial score (nSPS) is 12.2. The molecule has 0 fully saturated rings. The van der Waals surface area contributed by atoms with Crippen LogP contribution in [0.3, 0.4) is 0 Å². The SMILES string of the molecule is Cc1ccc(C#N)cc1NC(C)CCC(C)C. The van der Waals surface area contributed by atoms with Crippen LogP contribution in [0.4, 0.5) is 5.69 Å². The second-order valence-corrected chi connectivity index (χ2v) is 5.16. The molecule has 2 heteroatoms. The van der Waals surface area contributed by atoms with Crippen LogP contribution in [0.5, 0.6) is 0 Å². The van der Waals surface area contributed by atoms with Crippen molar-refractivity contribution >= 4 is 5.69 Å². The topological polar surface area (TPSA) is 35.8 Å². The zero-order valence-corrected chi connectivity index (χ0v) is 11.2. The summed E-state index contributed by atoms with van der Waals surface area (Å²) in [6.07, 6.45) is 2.39. The van der Waals surface area contributed by atoms with Gasteiger partial charge in [0.15, 0.2) is 0 Å². The maximum Gasteiger partial charge on any atom is 0.0992 e. The predicted molar refractivity (Wildman–Crippen MR) is 73.1 cm³/mol. The predicted octanol–water partition coefficient (Wildman–Crippen LogP) is 4.10. The van der Waals surface area contributed by atoms with Gasteiger partial charge in [0.25, 0.3) is 0 Å². The van der Waals surface area contributed by atoms with Crippen LogP contribution in [0.1, 0.15) is 44.7 Å². The summed E-state index contributed by atoms with van der Waals surface area (Å²) >= 11 is 0. The zero-order chi connectivity index (χ0) is 12.8. The molecule has 1 rings (SSSR count). The fourth-order valence-electron chi connectivity index (χ4n) is 1.77. The van der Waals surface area contributed by atoms with Gasteiger partial charge in [-0.1, -0.05) is 19.9 Å². The lowest BCUT2D eigenvalue weighted by Gasteiger charge is -2.18. The zero-order valence-electron chi connectivity index (χ0n) is 11.2. The quantitative estimate of drug-likeness (QED) is 0.826. The van der Waals surface area contributed by atoms with E-state index in [1.165, 1.54) is 12.0 Å². The Balaban J connectivity index is 2.64. The largest absolute Gasteiger partial charge is 0.382 e. The molecule has 2 nitrogen and oxygen atoms in total. The molecule has 0 aromatic heterocycles. The number of hydrogen-bond acceptors (Lipinski definition) is 2. The van der Waals surface area contributed by atoms with Crippen LogP contribution in [0, 0.1) is 24.2 Å². The van der Waals surface area contributed by atoms with E-state index in [-0.39, 0.29) is 0 Å². The summed E-state index contributed by atoms with van der Waals surface area (Å²) < 4.78 is 0. The average molecular weight is 230 g/mol. The van der Waals surface area contributed by atoms with Crippen molar-refractivity contribution in [3.63, 3.8) is 0 Å². The lowest BCUT2D eigenvalue weighted by atomic mass is 10.0. The summed E-state index contributed by atoms with van der Waals surface area (Å²) in [5.41, 5.74) is 3.00. The molecule has 0 amide bonds. The Hall–Kier alpha value is -1.49. The first-order valence-electron chi connectivity index (χ1n) is 6.30. The second kappa shape index (κ2) is 6.30. The smallest absolute Gasteiger partial charge is 0.0992 e. The Bertz CT molecular complexity index is 402. The summed E-state index contributed by atoms with van der Waals surface area (Å²) in [4.78, 5) is 0. The van der Waals surface area contributed by atoms with Crippen molar-refractivity contribution in [1.29, 1.82) is 5.26 Å². The molecule has 0 radical (unpaired) electrons. The number of nitriles is 1. The lowest BCUT2D eigenvalue weighted by Crippen LogP contribution is -2.16. The number of aryl methyl sites for hydroxylation is 1. The van der Waals surface area contributed by atoms with Crippen LogP contribution in [0.15, 0.2) is 18.2 Å². The summed E-state index contributed by atoms with van der Waals surface area (Å²) in [7, 11) is 0. The number of nitrogens with one attached hydrogen (secondary N) is 1. The molecule has 0 aliphatic heterocycles. The molecule has 0 heterocycles. The van der Waals surface area contributed by atoms with Gasteiger partial charge in [-0.3, -0.25) is 0 Å². The van der Waals surface area contributed by atoms with E-state index in [9.17, 15) is 0 Å². The summed E-state index contributed by atoms with van der Waals surface area (Å²) in [6.45, 7) is 8.75. The number of anilines is 1. The Morgan fingerprint density at radius 2 is 1.94 bits per heavy atom. The van der Waals surface area contributed by atoms with Crippen molar-refractivity contribution < 1.29 is 0 Å². The van der Waals surface area contributed by atoms with E-state index in [0.717, 1.165) is 18.0 Å². The lowest BCUT2D eigenvalue weighted by molar-refractivity contribution is 0.527. The Kier molecular flexibility index (Phi) is 5.03. The van der Waals surface area contributed by atoms with Crippen molar-refractivity contribution in [3.05, 3.63) is 29.3 Å². The van der Waals surface area contributed by atoms with Crippen molar-refractivity contribution in [2.45, 2.75) is 46.6 Å². The number of rotatable bonds is 5. The van der Waals surface area contributed by atoms with Crippen molar-refractivity contribution in [2.75, 3.05) is 5.32 Å². The van der Waals surface area contributed by atoms with Gasteiger partial charge in [-0.25, -0.2) is 0 Å². The first kappa shape index (κ1) is 13.6. The third-order valence-electron chi connectivity index (χ3n) is 2.95. The fraction of sp³-hybridized carbons (Fsp3) is 0.533. The molecular weight excluding hydrogens is 208 g/mol. The van der Waals surface area contributed by atoms with Crippen LogP contribution in [-0.4, -0.2) is 6.04 Å². The van der Waals surface area contributed by atoms with Gasteiger partial charge < -0.3 is 5.32 Å². The Morgan fingerprint density at radius 1 is 1.24 bits per heavy atom. The van der Waals surface area contributed by atoms with Gasteiger partial charge >= 0.3 is 0 Å². The summed E-state index contributed by atoms with van der Waals surface area (Å²) in [5.74, 6) is 0.741. The van der Waals surface area contributed by atoms with Crippen LogP contribution in [-0.2, 0) is 0 Å². The standard InChI is InChI=1S/C15H22N2/c1-11(2)5-7-13(4)17-15-9-14(10-16)8-6-12(15)3/h6,8-9,11,13,17H,5,7H2,1-4H3. The summed E-state index contributed by atoms with van der Waals surface area (Å²) in [6, 6.07) is 8.42. The molecule has 0 aliphatic rings. The minimum atomic E-state index is 0.449. The number of nitrogens with zero attached hydrogens (tertiary/aromatic N) is 1. The molecular formula is C15H22N2. The molecule has 17 heavy (non-hydrogen) atoms. The van der Waals surface area contributed by atoms with Crippen LogP contribution < -0.4 is 5.32 Å².